The van der Waals surface area contributed by atoms with Gasteiger partial charge in [0.1, 0.15) is 5.82 Å². The molecule has 0 saturated carbocycles. The average molecular weight is 383 g/mol. The summed E-state index contributed by atoms with van der Waals surface area (Å²) in [6.07, 6.45) is 0.381. The maximum Gasteiger partial charge on any atom is 0.243 e. The quantitative estimate of drug-likeness (QED) is 0.470. The Labute approximate surface area is 162 Å². The smallest absolute Gasteiger partial charge is 0.243 e. The Kier molecular flexibility index (Phi) is 6.21. The third-order valence-electron chi connectivity index (χ3n) is 4.39. The Morgan fingerprint density at radius 3 is 2.68 bits per heavy atom. The van der Waals surface area contributed by atoms with Crippen molar-refractivity contribution in [2.45, 2.75) is 12.3 Å². The number of hydrogen-bond donors (Lipinski definition) is 4. The van der Waals surface area contributed by atoms with Gasteiger partial charge in [-0.15, -0.1) is 0 Å². The minimum absolute atomic E-state index is 0.00120. The normalized spacial score (nSPS) is 16.0. The van der Waals surface area contributed by atoms with Gasteiger partial charge in [0.2, 0.25) is 11.8 Å². The maximum absolute atomic E-state index is 12.9. The number of aliphatic imine (C=N–C) groups is 1. The molecule has 2 aromatic carbocycles. The van der Waals surface area contributed by atoms with Crippen molar-refractivity contribution in [3.05, 3.63) is 59.9 Å². The number of guanidine groups is 1. The largest absolute Gasteiger partial charge is 0.356 e. The molecule has 1 aliphatic heterocycles. The average Bonchev–Trinajstić information content (AvgIpc) is 2.69. The van der Waals surface area contributed by atoms with E-state index in [-0.39, 0.29) is 30.1 Å². The lowest BCUT2D eigenvalue weighted by molar-refractivity contribution is -0.117. The molecule has 1 aliphatic rings. The standard InChI is InChI=1S/C20H22FN5O2/c1-22-20(24-12-19(28)25-15-8-6-14(21)7-9-15)23-11-13-10-18(27)26-17-5-3-2-4-16(13)17/h2-9,13H,10-12H2,1H3,(H,25,28)(H,26,27)(H2,22,23,24). The molecule has 1 heterocycles. The number of para-hydroxylation sites is 1. The summed E-state index contributed by atoms with van der Waals surface area (Å²) in [6, 6.07) is 13.2. The van der Waals surface area contributed by atoms with Gasteiger partial charge >= 0.3 is 0 Å². The number of anilines is 2. The van der Waals surface area contributed by atoms with Crippen LogP contribution in [0, 0.1) is 5.82 Å². The first kappa shape index (κ1) is 19.3. The first-order valence-corrected chi connectivity index (χ1v) is 8.94. The summed E-state index contributed by atoms with van der Waals surface area (Å²) >= 11 is 0. The molecular formula is C20H22FN5O2. The topological polar surface area (TPSA) is 94.6 Å². The van der Waals surface area contributed by atoms with E-state index in [1.807, 2.05) is 24.3 Å². The van der Waals surface area contributed by atoms with E-state index in [0.29, 0.717) is 24.6 Å². The molecule has 0 saturated heterocycles. The molecule has 146 valence electrons. The fourth-order valence-electron chi connectivity index (χ4n) is 3.03. The van der Waals surface area contributed by atoms with Crippen molar-refractivity contribution in [1.29, 1.82) is 0 Å². The van der Waals surface area contributed by atoms with Crippen LogP contribution in [0.25, 0.3) is 0 Å². The maximum atomic E-state index is 12.9. The lowest BCUT2D eigenvalue weighted by Gasteiger charge is -2.26. The first-order valence-electron chi connectivity index (χ1n) is 8.94. The highest BCUT2D eigenvalue weighted by molar-refractivity contribution is 5.96. The number of hydrogen-bond acceptors (Lipinski definition) is 3. The van der Waals surface area contributed by atoms with E-state index in [1.165, 1.54) is 24.3 Å². The summed E-state index contributed by atoms with van der Waals surface area (Å²) in [5.74, 6) is -0.197. The van der Waals surface area contributed by atoms with Crippen LogP contribution in [0.3, 0.4) is 0 Å². The highest BCUT2D eigenvalue weighted by Gasteiger charge is 2.24. The number of halogens is 1. The zero-order valence-electron chi connectivity index (χ0n) is 15.5. The van der Waals surface area contributed by atoms with Crippen LogP contribution in [-0.4, -0.2) is 37.9 Å². The third-order valence-corrected chi connectivity index (χ3v) is 4.39. The van der Waals surface area contributed by atoms with Gasteiger partial charge in [0.05, 0.1) is 6.54 Å². The highest BCUT2D eigenvalue weighted by atomic mass is 19.1. The Morgan fingerprint density at radius 1 is 1.18 bits per heavy atom. The first-order chi connectivity index (χ1) is 13.5. The summed E-state index contributed by atoms with van der Waals surface area (Å²) in [7, 11) is 1.61. The molecule has 8 heteroatoms. The van der Waals surface area contributed by atoms with Crippen molar-refractivity contribution < 1.29 is 14.0 Å². The van der Waals surface area contributed by atoms with Gasteiger partial charge in [-0.1, -0.05) is 18.2 Å². The van der Waals surface area contributed by atoms with E-state index in [1.54, 1.807) is 7.05 Å². The molecular weight excluding hydrogens is 361 g/mol. The molecule has 0 aromatic heterocycles. The van der Waals surface area contributed by atoms with E-state index in [2.05, 4.69) is 26.3 Å². The molecule has 1 atom stereocenters. The Hall–Kier alpha value is -3.42. The molecule has 1 unspecified atom stereocenters. The number of rotatable bonds is 5. The summed E-state index contributed by atoms with van der Waals surface area (Å²) < 4.78 is 12.9. The van der Waals surface area contributed by atoms with Crippen LogP contribution in [0.4, 0.5) is 15.8 Å². The van der Waals surface area contributed by atoms with Gasteiger partial charge in [0.25, 0.3) is 0 Å². The Balaban J connectivity index is 1.50. The summed E-state index contributed by atoms with van der Waals surface area (Å²) in [5.41, 5.74) is 2.41. The third kappa shape index (κ3) is 5.06. The molecule has 0 radical (unpaired) electrons. The van der Waals surface area contributed by atoms with E-state index in [9.17, 15) is 14.0 Å². The van der Waals surface area contributed by atoms with Crippen molar-refractivity contribution in [2.24, 2.45) is 4.99 Å². The van der Waals surface area contributed by atoms with Crippen molar-refractivity contribution in [3.63, 3.8) is 0 Å². The fourth-order valence-corrected chi connectivity index (χ4v) is 3.03. The number of nitrogens with zero attached hydrogens (tertiary/aromatic N) is 1. The monoisotopic (exact) mass is 383 g/mol. The van der Waals surface area contributed by atoms with E-state index < -0.39 is 0 Å². The molecule has 0 bridgehead atoms. The predicted molar refractivity (Wildman–Crippen MR) is 107 cm³/mol. The van der Waals surface area contributed by atoms with Crippen molar-refractivity contribution in [1.82, 2.24) is 10.6 Å². The molecule has 2 amide bonds. The predicted octanol–water partition coefficient (Wildman–Crippen LogP) is 2.06. The summed E-state index contributed by atoms with van der Waals surface area (Å²) in [4.78, 5) is 28.0. The van der Waals surface area contributed by atoms with Crippen LogP contribution in [0.15, 0.2) is 53.5 Å². The van der Waals surface area contributed by atoms with Crippen molar-refractivity contribution in [3.8, 4) is 0 Å². The van der Waals surface area contributed by atoms with E-state index in [0.717, 1.165) is 11.3 Å². The highest BCUT2D eigenvalue weighted by Crippen LogP contribution is 2.31. The van der Waals surface area contributed by atoms with Gasteiger partial charge in [0, 0.05) is 37.3 Å². The fraction of sp³-hybridized carbons (Fsp3) is 0.250. The molecule has 0 spiro atoms. The second-order valence-corrected chi connectivity index (χ2v) is 6.40. The van der Waals surface area contributed by atoms with Gasteiger partial charge < -0.3 is 21.3 Å². The number of carbonyl (C=O) groups is 2. The number of amides is 2. The lowest BCUT2D eigenvalue weighted by Crippen LogP contribution is -2.43. The molecule has 2 aromatic rings. The molecule has 7 nitrogen and oxygen atoms in total. The van der Waals surface area contributed by atoms with Gasteiger partial charge in [-0.3, -0.25) is 14.6 Å². The van der Waals surface area contributed by atoms with Crippen LogP contribution in [-0.2, 0) is 9.59 Å². The van der Waals surface area contributed by atoms with Crippen LogP contribution in [0.2, 0.25) is 0 Å². The molecule has 4 N–H and O–H groups in total. The van der Waals surface area contributed by atoms with Gasteiger partial charge in [0.15, 0.2) is 5.96 Å². The minimum Gasteiger partial charge on any atom is -0.356 e. The van der Waals surface area contributed by atoms with E-state index in [4.69, 9.17) is 0 Å². The van der Waals surface area contributed by atoms with Gasteiger partial charge in [-0.05, 0) is 35.9 Å². The number of fused-ring (bicyclic) bond motifs is 1. The second kappa shape index (κ2) is 8.98. The van der Waals surface area contributed by atoms with Crippen molar-refractivity contribution >= 4 is 29.1 Å². The Bertz CT molecular complexity index is 882. The number of benzene rings is 2. The van der Waals surface area contributed by atoms with Crippen molar-refractivity contribution in [2.75, 3.05) is 30.8 Å². The zero-order valence-corrected chi connectivity index (χ0v) is 15.5. The molecule has 3 rings (SSSR count). The van der Waals surface area contributed by atoms with Crippen LogP contribution >= 0.6 is 0 Å². The summed E-state index contributed by atoms with van der Waals surface area (Å²) in [6.45, 7) is 0.502. The minimum atomic E-state index is -0.362. The SMILES string of the molecule is CN=C(NCC(=O)Nc1ccc(F)cc1)NCC1CC(=O)Nc2ccccc21. The van der Waals surface area contributed by atoms with Crippen LogP contribution < -0.4 is 21.3 Å². The Morgan fingerprint density at radius 2 is 1.93 bits per heavy atom. The number of carbonyl (C=O) groups excluding carboxylic acids is 2. The van der Waals surface area contributed by atoms with Crippen LogP contribution in [0.1, 0.15) is 17.9 Å². The van der Waals surface area contributed by atoms with E-state index >= 15 is 0 Å². The second-order valence-electron chi connectivity index (χ2n) is 6.40. The lowest BCUT2D eigenvalue weighted by atomic mass is 9.90. The van der Waals surface area contributed by atoms with Gasteiger partial charge in [-0.2, -0.15) is 0 Å². The zero-order chi connectivity index (χ0) is 19.9. The molecule has 0 aliphatic carbocycles. The van der Waals surface area contributed by atoms with Crippen LogP contribution in [0.5, 0.6) is 0 Å². The molecule has 28 heavy (non-hydrogen) atoms. The summed E-state index contributed by atoms with van der Waals surface area (Å²) in [5, 5.41) is 11.6. The van der Waals surface area contributed by atoms with Gasteiger partial charge in [-0.25, -0.2) is 4.39 Å². The molecule has 0 fully saturated rings. The number of nitrogens with one attached hydrogen (secondary N) is 4.